The highest BCUT2D eigenvalue weighted by atomic mass is 19.1. The van der Waals surface area contributed by atoms with E-state index in [1.165, 1.54) is 24.3 Å². The average Bonchev–Trinajstić information content (AvgIpc) is 3.01. The van der Waals surface area contributed by atoms with Gasteiger partial charge in [-0.15, -0.1) is 0 Å². The summed E-state index contributed by atoms with van der Waals surface area (Å²) in [4.78, 5) is 28.6. The summed E-state index contributed by atoms with van der Waals surface area (Å²) in [5.74, 6) is -0.0253. The number of rotatable bonds is 6. The first-order valence-electron chi connectivity index (χ1n) is 8.51. The summed E-state index contributed by atoms with van der Waals surface area (Å²) < 4.78 is 18.5. The molecule has 0 saturated carbocycles. The summed E-state index contributed by atoms with van der Waals surface area (Å²) in [7, 11) is 0. The predicted molar refractivity (Wildman–Crippen MR) is 98.9 cm³/mol. The maximum Gasteiger partial charge on any atom is 0.226 e. The van der Waals surface area contributed by atoms with E-state index in [4.69, 9.17) is 4.42 Å². The minimum absolute atomic E-state index is 0.0118. The summed E-state index contributed by atoms with van der Waals surface area (Å²) in [6.07, 6.45) is 0.0118. The number of amides is 1. The molecular formula is C21H19FN2O3. The Bertz CT molecular complexity index is 960. The van der Waals surface area contributed by atoms with E-state index in [-0.39, 0.29) is 24.7 Å². The molecule has 1 aromatic heterocycles. The molecule has 138 valence electrons. The van der Waals surface area contributed by atoms with Crippen LogP contribution in [0.3, 0.4) is 0 Å². The van der Waals surface area contributed by atoms with Gasteiger partial charge in [0, 0.05) is 11.1 Å². The summed E-state index contributed by atoms with van der Waals surface area (Å²) in [5, 5.41) is 2.56. The number of benzene rings is 2. The number of nitrogens with zero attached hydrogens (tertiary/aromatic N) is 1. The Hall–Kier alpha value is -3.28. The van der Waals surface area contributed by atoms with Crippen molar-refractivity contribution in [3.05, 3.63) is 76.9 Å². The molecule has 1 amide bonds. The molecule has 0 aliphatic carbocycles. The van der Waals surface area contributed by atoms with Gasteiger partial charge in [0.25, 0.3) is 0 Å². The number of Topliss-reactive ketones (excluding diaryl/α,β-unsaturated/α-hetero) is 1. The number of aromatic nitrogens is 1. The van der Waals surface area contributed by atoms with Gasteiger partial charge in [0.15, 0.2) is 5.78 Å². The summed E-state index contributed by atoms with van der Waals surface area (Å²) in [5.41, 5.74) is 2.84. The second kappa shape index (κ2) is 7.95. The molecule has 3 rings (SSSR count). The van der Waals surface area contributed by atoms with Gasteiger partial charge >= 0.3 is 0 Å². The molecule has 3 aromatic rings. The van der Waals surface area contributed by atoms with Gasteiger partial charge in [-0.25, -0.2) is 9.37 Å². The third kappa shape index (κ3) is 4.67. The Kier molecular flexibility index (Phi) is 5.45. The summed E-state index contributed by atoms with van der Waals surface area (Å²) in [6, 6.07) is 12.9. The molecule has 6 heteroatoms. The largest absolute Gasteiger partial charge is 0.441 e. The lowest BCUT2D eigenvalue weighted by Gasteiger charge is -2.04. The smallest absolute Gasteiger partial charge is 0.226 e. The van der Waals surface area contributed by atoms with E-state index < -0.39 is 5.82 Å². The van der Waals surface area contributed by atoms with Gasteiger partial charge in [0.05, 0.1) is 18.7 Å². The lowest BCUT2D eigenvalue weighted by atomic mass is 10.1. The third-order valence-corrected chi connectivity index (χ3v) is 4.13. The minimum atomic E-state index is -0.415. The number of aryl methyl sites for hydroxylation is 2. The summed E-state index contributed by atoms with van der Waals surface area (Å²) >= 11 is 0. The molecule has 5 nitrogen and oxygen atoms in total. The fourth-order valence-corrected chi connectivity index (χ4v) is 2.54. The first kappa shape index (κ1) is 18.5. The molecule has 0 fully saturated rings. The van der Waals surface area contributed by atoms with Crippen molar-refractivity contribution < 1.29 is 18.4 Å². The van der Waals surface area contributed by atoms with Crippen LogP contribution in [0.5, 0.6) is 0 Å². The average molecular weight is 366 g/mol. The van der Waals surface area contributed by atoms with Gasteiger partial charge < -0.3 is 9.73 Å². The number of ketones is 1. The van der Waals surface area contributed by atoms with E-state index in [1.54, 1.807) is 6.92 Å². The van der Waals surface area contributed by atoms with E-state index in [9.17, 15) is 14.0 Å². The number of nitrogens with one attached hydrogen (secondary N) is 1. The molecule has 0 unspecified atom stereocenters. The SMILES string of the molecule is Cc1ccc(-c2nc(CC(=O)NCC(=O)c3ccc(F)cc3)c(C)o2)cc1. The molecule has 0 radical (unpaired) electrons. The maximum atomic E-state index is 12.9. The molecule has 1 N–H and O–H groups in total. The van der Waals surface area contributed by atoms with E-state index >= 15 is 0 Å². The Morgan fingerprint density at radius 2 is 1.70 bits per heavy atom. The molecule has 0 spiro atoms. The molecular weight excluding hydrogens is 347 g/mol. The van der Waals surface area contributed by atoms with Crippen LogP contribution in [-0.4, -0.2) is 23.2 Å². The van der Waals surface area contributed by atoms with Crippen molar-refractivity contribution in [3.63, 3.8) is 0 Å². The molecule has 0 aliphatic heterocycles. The highest BCUT2D eigenvalue weighted by Gasteiger charge is 2.15. The van der Waals surface area contributed by atoms with Crippen molar-refractivity contribution in [1.29, 1.82) is 0 Å². The zero-order valence-electron chi connectivity index (χ0n) is 15.1. The molecule has 0 bridgehead atoms. The monoisotopic (exact) mass is 366 g/mol. The second-order valence-corrected chi connectivity index (χ2v) is 6.27. The Morgan fingerprint density at radius 3 is 2.37 bits per heavy atom. The zero-order chi connectivity index (χ0) is 19.4. The lowest BCUT2D eigenvalue weighted by molar-refractivity contribution is -0.120. The molecule has 0 saturated heterocycles. The van der Waals surface area contributed by atoms with Crippen LogP contribution in [0.15, 0.2) is 52.9 Å². The topological polar surface area (TPSA) is 72.2 Å². The van der Waals surface area contributed by atoms with Crippen LogP contribution in [0.1, 0.15) is 27.4 Å². The number of hydrogen-bond acceptors (Lipinski definition) is 4. The van der Waals surface area contributed by atoms with Gasteiger partial charge in [-0.1, -0.05) is 17.7 Å². The van der Waals surface area contributed by atoms with Crippen LogP contribution in [-0.2, 0) is 11.2 Å². The number of oxazole rings is 1. The maximum absolute atomic E-state index is 12.9. The highest BCUT2D eigenvalue weighted by Crippen LogP contribution is 2.22. The number of carbonyl (C=O) groups is 2. The van der Waals surface area contributed by atoms with Crippen molar-refractivity contribution in [2.24, 2.45) is 0 Å². The van der Waals surface area contributed by atoms with Gasteiger partial charge in [0.1, 0.15) is 11.6 Å². The van der Waals surface area contributed by atoms with E-state index in [0.29, 0.717) is 22.9 Å². The predicted octanol–water partition coefficient (Wildman–Crippen LogP) is 3.64. The van der Waals surface area contributed by atoms with Gasteiger partial charge in [-0.3, -0.25) is 9.59 Å². The molecule has 2 aromatic carbocycles. The van der Waals surface area contributed by atoms with E-state index in [2.05, 4.69) is 10.3 Å². The van der Waals surface area contributed by atoms with Crippen molar-refractivity contribution in [3.8, 4) is 11.5 Å². The Balaban J connectivity index is 1.60. The van der Waals surface area contributed by atoms with Crippen LogP contribution < -0.4 is 5.32 Å². The van der Waals surface area contributed by atoms with E-state index in [1.807, 2.05) is 31.2 Å². The standard InChI is InChI=1S/C21H19FN2O3/c1-13-3-5-16(6-4-13)21-24-18(14(2)27-21)11-20(26)23-12-19(25)15-7-9-17(22)10-8-15/h3-10H,11-12H2,1-2H3,(H,23,26). The second-order valence-electron chi connectivity index (χ2n) is 6.27. The number of halogens is 1. The Labute approximate surface area is 156 Å². The Morgan fingerprint density at radius 1 is 1.04 bits per heavy atom. The van der Waals surface area contributed by atoms with Crippen molar-refractivity contribution in [1.82, 2.24) is 10.3 Å². The zero-order valence-corrected chi connectivity index (χ0v) is 15.1. The molecule has 0 atom stereocenters. The van der Waals surface area contributed by atoms with Crippen LogP contribution in [0, 0.1) is 19.7 Å². The summed E-state index contributed by atoms with van der Waals surface area (Å²) in [6.45, 7) is 3.58. The van der Waals surface area contributed by atoms with Gasteiger partial charge in [-0.2, -0.15) is 0 Å². The van der Waals surface area contributed by atoms with Gasteiger partial charge in [-0.05, 0) is 50.2 Å². The number of carbonyl (C=O) groups excluding carboxylic acids is 2. The molecule has 27 heavy (non-hydrogen) atoms. The third-order valence-electron chi connectivity index (χ3n) is 4.13. The van der Waals surface area contributed by atoms with Crippen LogP contribution in [0.2, 0.25) is 0 Å². The fraction of sp³-hybridized carbons (Fsp3) is 0.190. The lowest BCUT2D eigenvalue weighted by Crippen LogP contribution is -2.31. The first-order valence-corrected chi connectivity index (χ1v) is 8.51. The minimum Gasteiger partial charge on any atom is -0.441 e. The van der Waals surface area contributed by atoms with Crippen molar-refractivity contribution >= 4 is 11.7 Å². The highest BCUT2D eigenvalue weighted by molar-refractivity contribution is 5.99. The van der Waals surface area contributed by atoms with Crippen LogP contribution >= 0.6 is 0 Å². The van der Waals surface area contributed by atoms with E-state index in [0.717, 1.165) is 11.1 Å². The first-order chi connectivity index (χ1) is 12.9. The fourth-order valence-electron chi connectivity index (χ4n) is 2.54. The molecule has 1 heterocycles. The quantitative estimate of drug-likeness (QED) is 0.676. The van der Waals surface area contributed by atoms with Crippen LogP contribution in [0.25, 0.3) is 11.5 Å². The molecule has 0 aliphatic rings. The van der Waals surface area contributed by atoms with Crippen molar-refractivity contribution in [2.45, 2.75) is 20.3 Å². The normalized spacial score (nSPS) is 10.6. The van der Waals surface area contributed by atoms with Crippen LogP contribution in [0.4, 0.5) is 4.39 Å². The number of hydrogen-bond donors (Lipinski definition) is 1. The van der Waals surface area contributed by atoms with Gasteiger partial charge in [0.2, 0.25) is 11.8 Å². The van der Waals surface area contributed by atoms with Crippen molar-refractivity contribution in [2.75, 3.05) is 6.54 Å².